The number of Topliss-reactive ketones (excluding diaryl/α,β-unsaturated/α-hetero) is 1. The Morgan fingerprint density at radius 1 is 1.19 bits per heavy atom. The number of carbonyl (C=O) groups is 3. The molecule has 0 aromatic heterocycles. The van der Waals surface area contributed by atoms with Gasteiger partial charge in [-0.25, -0.2) is 13.6 Å². The first kappa shape index (κ1) is 23.7. The van der Waals surface area contributed by atoms with Gasteiger partial charge in [0.15, 0.2) is 11.6 Å². The van der Waals surface area contributed by atoms with Crippen LogP contribution < -0.4 is 15.1 Å². The summed E-state index contributed by atoms with van der Waals surface area (Å²) in [5.74, 6) is -3.45. The summed E-state index contributed by atoms with van der Waals surface area (Å²) in [6, 6.07) is 1.94. The molecule has 0 radical (unpaired) electrons. The molecule has 0 bridgehead atoms. The molecule has 3 rings (SSSR count). The molecule has 0 saturated carbocycles. The van der Waals surface area contributed by atoms with Crippen LogP contribution in [0.25, 0.3) is 0 Å². The smallest absolute Gasteiger partial charge is 0.414 e. The second kappa shape index (κ2) is 10.1. The summed E-state index contributed by atoms with van der Waals surface area (Å²) in [5.41, 5.74) is -0.406. The van der Waals surface area contributed by atoms with E-state index in [-0.39, 0.29) is 63.0 Å². The largest absolute Gasteiger partial charge is 0.442 e. The van der Waals surface area contributed by atoms with E-state index < -0.39 is 36.2 Å². The van der Waals surface area contributed by atoms with E-state index >= 15 is 0 Å². The lowest BCUT2D eigenvalue weighted by Gasteiger charge is -2.24. The first-order valence-corrected chi connectivity index (χ1v) is 9.81. The molecule has 2 saturated heterocycles. The summed E-state index contributed by atoms with van der Waals surface area (Å²) in [6.07, 6.45) is -5.08. The van der Waals surface area contributed by atoms with Crippen LogP contribution in [0.3, 0.4) is 0 Å². The Morgan fingerprint density at radius 3 is 2.50 bits per heavy atom. The highest BCUT2D eigenvalue weighted by atomic mass is 19.3. The fourth-order valence-electron chi connectivity index (χ4n) is 3.43. The first-order chi connectivity index (χ1) is 15.2. The van der Waals surface area contributed by atoms with Crippen LogP contribution >= 0.6 is 0 Å². The van der Waals surface area contributed by atoms with Crippen molar-refractivity contribution in [3.63, 3.8) is 0 Å². The quantitative estimate of drug-likeness (QED) is 0.611. The number of ether oxygens (including phenoxy) is 1. The maximum absolute atomic E-state index is 14.8. The summed E-state index contributed by atoms with van der Waals surface area (Å²) in [5, 5.41) is 3.36. The highest BCUT2D eigenvalue weighted by Crippen LogP contribution is 2.31. The van der Waals surface area contributed by atoms with Crippen LogP contribution in [0.2, 0.25) is 0 Å². The molecule has 1 atom stereocenters. The van der Waals surface area contributed by atoms with Crippen LogP contribution in [-0.4, -0.2) is 81.3 Å². The van der Waals surface area contributed by atoms with Crippen LogP contribution in [0.1, 0.15) is 6.92 Å². The van der Waals surface area contributed by atoms with E-state index in [1.165, 1.54) is 16.9 Å². The minimum absolute atomic E-state index is 0.0632. The molecule has 0 aliphatic carbocycles. The number of anilines is 2. The molecule has 176 valence electrons. The number of nitrogens with zero attached hydrogens (tertiary/aromatic N) is 3. The molecular weight excluding hydrogens is 440 g/mol. The van der Waals surface area contributed by atoms with Crippen molar-refractivity contribution in [3.8, 4) is 0 Å². The second-order valence-electron chi connectivity index (χ2n) is 7.31. The number of carbonyl (C=O) groups excluding carboxylic acids is 3. The second-order valence-corrected chi connectivity index (χ2v) is 7.31. The Morgan fingerprint density at radius 2 is 1.88 bits per heavy atom. The number of cyclic esters (lactones) is 1. The van der Waals surface area contributed by atoms with Gasteiger partial charge in [0.1, 0.15) is 17.6 Å². The molecule has 2 heterocycles. The molecule has 9 nitrogen and oxygen atoms in total. The topological polar surface area (TPSA) is 91.4 Å². The molecule has 13 heteroatoms. The number of amides is 2. The Bertz CT molecular complexity index is 864. The van der Waals surface area contributed by atoms with E-state index in [0.717, 1.165) is 17.0 Å². The van der Waals surface area contributed by atoms with Crippen molar-refractivity contribution in [2.24, 2.45) is 0 Å². The van der Waals surface area contributed by atoms with Gasteiger partial charge in [-0.2, -0.15) is 13.8 Å². The molecule has 1 aromatic rings. The third-order valence-corrected chi connectivity index (χ3v) is 4.86. The molecule has 1 N–H and O–H groups in total. The van der Waals surface area contributed by atoms with Gasteiger partial charge in [0.25, 0.3) is 5.91 Å². The zero-order valence-corrected chi connectivity index (χ0v) is 17.2. The van der Waals surface area contributed by atoms with Crippen molar-refractivity contribution >= 4 is 29.2 Å². The number of benzene rings is 1. The number of rotatable bonds is 7. The number of ketones is 1. The summed E-state index contributed by atoms with van der Waals surface area (Å²) >= 11 is 0. The molecule has 32 heavy (non-hydrogen) atoms. The van der Waals surface area contributed by atoms with E-state index in [2.05, 4.69) is 0 Å². The minimum atomic E-state index is -3.21. The molecule has 0 spiro atoms. The Hall–Kier alpha value is -2.93. The lowest BCUT2D eigenvalue weighted by molar-refractivity contribution is -0.157. The minimum Gasteiger partial charge on any atom is -0.442 e. The van der Waals surface area contributed by atoms with Crippen LogP contribution in [0.5, 0.6) is 0 Å². The number of alkyl halides is 2. The van der Waals surface area contributed by atoms with Crippen molar-refractivity contribution in [1.29, 1.82) is 0 Å². The van der Waals surface area contributed by atoms with Crippen molar-refractivity contribution in [1.82, 2.24) is 10.4 Å². The number of hydrogen-bond donors (Lipinski definition) is 1. The fraction of sp³-hybridized carbons (Fsp3) is 0.526. The standard InChI is InChI=1S/C19H22F4N4O5/c1-11(28)9-26-3-2-25(4-5-31-26)16-14(20)6-12(7-15(16)21)27-10-13(32-19(27)30)8-24-18(29)17(22)23/h6-7,13,17H,2-5,8-10H2,1H3,(H,24,29). The van der Waals surface area contributed by atoms with Gasteiger partial charge in [-0.15, -0.1) is 0 Å². The van der Waals surface area contributed by atoms with Crippen molar-refractivity contribution in [2.75, 3.05) is 55.7 Å². The molecular formula is C19H22F4N4O5. The van der Waals surface area contributed by atoms with Gasteiger partial charge in [-0.3, -0.25) is 19.3 Å². The van der Waals surface area contributed by atoms with E-state index in [9.17, 15) is 31.9 Å². The number of halogens is 4. The highest BCUT2D eigenvalue weighted by molar-refractivity contribution is 5.90. The van der Waals surface area contributed by atoms with E-state index in [1.807, 2.05) is 5.32 Å². The zero-order chi connectivity index (χ0) is 23.4. The lowest BCUT2D eigenvalue weighted by atomic mass is 10.2. The summed E-state index contributed by atoms with van der Waals surface area (Å²) in [4.78, 5) is 42.1. The van der Waals surface area contributed by atoms with Gasteiger partial charge in [-0.1, -0.05) is 0 Å². The van der Waals surface area contributed by atoms with Gasteiger partial charge in [0.05, 0.1) is 31.9 Å². The number of nitrogens with one attached hydrogen (secondary N) is 1. The molecule has 2 aliphatic rings. The molecule has 2 amide bonds. The SMILES string of the molecule is CC(=O)CN1CCN(c2c(F)cc(N3CC(CNC(=O)C(F)F)OC3=O)cc2F)CCO1. The number of hydroxylamine groups is 2. The predicted octanol–water partition coefficient (Wildman–Crippen LogP) is 1.31. The van der Waals surface area contributed by atoms with Crippen molar-refractivity contribution in [3.05, 3.63) is 23.8 Å². The molecule has 1 aromatic carbocycles. The Balaban J connectivity index is 1.68. The van der Waals surface area contributed by atoms with Crippen molar-refractivity contribution in [2.45, 2.75) is 19.5 Å². The predicted molar refractivity (Wildman–Crippen MR) is 103 cm³/mol. The van der Waals surface area contributed by atoms with Gasteiger partial charge in [0, 0.05) is 31.8 Å². The fourth-order valence-corrected chi connectivity index (χ4v) is 3.43. The summed E-state index contributed by atoms with van der Waals surface area (Å²) in [6.45, 7) is 1.69. The van der Waals surface area contributed by atoms with Crippen molar-refractivity contribution < 1.29 is 41.5 Å². The summed E-state index contributed by atoms with van der Waals surface area (Å²) in [7, 11) is 0. The normalized spacial score (nSPS) is 19.8. The third kappa shape index (κ3) is 5.65. The molecule has 2 fully saturated rings. The van der Waals surface area contributed by atoms with E-state index in [1.54, 1.807) is 0 Å². The van der Waals surface area contributed by atoms with E-state index in [4.69, 9.17) is 9.57 Å². The molecule has 2 aliphatic heterocycles. The van der Waals surface area contributed by atoms with Gasteiger partial charge in [0.2, 0.25) is 0 Å². The summed E-state index contributed by atoms with van der Waals surface area (Å²) < 4.78 is 59.2. The number of hydrogen-bond acceptors (Lipinski definition) is 7. The van der Waals surface area contributed by atoms with Gasteiger partial charge in [-0.05, 0) is 6.92 Å². The third-order valence-electron chi connectivity index (χ3n) is 4.86. The molecule has 1 unspecified atom stereocenters. The maximum atomic E-state index is 14.8. The van der Waals surface area contributed by atoms with Gasteiger partial charge < -0.3 is 15.0 Å². The highest BCUT2D eigenvalue weighted by Gasteiger charge is 2.34. The maximum Gasteiger partial charge on any atom is 0.414 e. The monoisotopic (exact) mass is 462 g/mol. The lowest BCUT2D eigenvalue weighted by Crippen LogP contribution is -2.37. The average Bonchev–Trinajstić information content (AvgIpc) is 2.93. The average molecular weight is 462 g/mol. The Kier molecular flexibility index (Phi) is 7.51. The van der Waals surface area contributed by atoms with E-state index in [0.29, 0.717) is 0 Å². The first-order valence-electron chi connectivity index (χ1n) is 9.81. The van der Waals surface area contributed by atoms with Crippen LogP contribution in [-0.2, 0) is 19.2 Å². The Labute approximate surface area is 180 Å². The zero-order valence-electron chi connectivity index (χ0n) is 17.2. The van der Waals surface area contributed by atoms with Crippen LogP contribution in [0, 0.1) is 11.6 Å². The van der Waals surface area contributed by atoms with Gasteiger partial charge >= 0.3 is 12.5 Å². The van der Waals surface area contributed by atoms with Crippen LogP contribution in [0.4, 0.5) is 33.7 Å². The van der Waals surface area contributed by atoms with Crippen LogP contribution in [0.15, 0.2) is 12.1 Å².